The predicted octanol–water partition coefficient (Wildman–Crippen LogP) is -4.64. The lowest BCUT2D eigenvalue weighted by molar-refractivity contribution is -0.205. The molecule has 0 heterocycles. The molecule has 1 aliphatic rings. The average Bonchev–Trinajstić information content (AvgIpc) is 2.84. The van der Waals surface area contributed by atoms with Crippen LogP contribution in [0.15, 0.2) is 41.7 Å². The van der Waals surface area contributed by atoms with Crippen LogP contribution in [0.2, 0.25) is 0 Å². The highest BCUT2D eigenvalue weighted by atomic mass is 16.5. The van der Waals surface area contributed by atoms with Crippen molar-refractivity contribution in [3.8, 4) is 5.75 Å². The molecule has 0 amide bonds. The highest BCUT2D eigenvalue weighted by molar-refractivity contribution is 6.38. The Bertz CT molecular complexity index is 1090. The van der Waals surface area contributed by atoms with Crippen LogP contribution in [-0.2, 0) is 19.2 Å². The number of carbonyl (C=O) groups excluding carboxylic acids is 4. The first-order chi connectivity index (χ1) is 16.1. The van der Waals surface area contributed by atoms with Gasteiger partial charge in [-0.1, -0.05) is 18.2 Å². The van der Waals surface area contributed by atoms with E-state index < -0.39 is 76.9 Å². The summed E-state index contributed by atoms with van der Waals surface area (Å²) in [5.41, 5.74) is -5.53. The molecule has 0 saturated heterocycles. The summed E-state index contributed by atoms with van der Waals surface area (Å²) in [7, 11) is 0. The Morgan fingerprint density at radius 3 is 1.97 bits per heavy atom. The lowest BCUT2D eigenvalue weighted by Crippen LogP contribution is -2.68. The van der Waals surface area contributed by atoms with Crippen molar-refractivity contribution in [2.75, 3.05) is 6.61 Å². The topological polar surface area (TPSA) is 271 Å². The first-order valence-electron chi connectivity index (χ1n) is 9.71. The van der Waals surface area contributed by atoms with Crippen molar-refractivity contribution >= 4 is 29.2 Å². The van der Waals surface area contributed by atoms with Gasteiger partial charge in [0.05, 0.1) is 6.61 Å². The Kier molecular flexibility index (Phi) is 8.06. The quantitative estimate of drug-likeness (QED) is 0.0664. The fraction of sp³-hybridized carbons (Fsp3) is 0.333. The van der Waals surface area contributed by atoms with Crippen LogP contribution in [0.5, 0.6) is 5.75 Å². The van der Waals surface area contributed by atoms with Crippen molar-refractivity contribution in [3.63, 3.8) is 0 Å². The molecule has 190 valence electrons. The minimum Gasteiger partial charge on any atom is -0.508 e. The minimum absolute atomic E-state index is 0.124. The number of benzene rings is 1. The molecule has 0 spiro atoms. The summed E-state index contributed by atoms with van der Waals surface area (Å²) in [6.07, 6.45) is -8.67. The number of hydrogen-bond acceptors (Lipinski definition) is 14. The average molecular weight is 498 g/mol. The van der Waals surface area contributed by atoms with Gasteiger partial charge < -0.3 is 51.1 Å². The number of aliphatic hydroxyl groups excluding tert-OH is 6. The van der Waals surface area contributed by atoms with Gasteiger partial charge in [0.25, 0.3) is 5.79 Å². The van der Waals surface area contributed by atoms with Crippen LogP contribution in [0.4, 0.5) is 0 Å². The highest BCUT2D eigenvalue weighted by Crippen LogP contribution is 2.35. The molecular formula is C21H22O14. The van der Waals surface area contributed by atoms with Gasteiger partial charge in [-0.2, -0.15) is 0 Å². The monoisotopic (exact) mass is 498 g/mol. The zero-order valence-electron chi connectivity index (χ0n) is 17.6. The number of ketones is 4. The van der Waals surface area contributed by atoms with E-state index >= 15 is 0 Å². The molecule has 1 aromatic rings. The number of aliphatic hydroxyl groups is 9. The molecule has 14 nitrogen and oxygen atoms in total. The molecule has 0 aliphatic heterocycles. The molecule has 0 fully saturated rings. The van der Waals surface area contributed by atoms with Gasteiger partial charge in [-0.25, -0.2) is 0 Å². The van der Waals surface area contributed by atoms with Crippen molar-refractivity contribution in [2.45, 2.75) is 35.8 Å². The van der Waals surface area contributed by atoms with Crippen LogP contribution >= 0.6 is 0 Å². The van der Waals surface area contributed by atoms with Crippen LogP contribution in [-0.4, -0.2) is 117 Å². The SMILES string of the molecule is O=C(/C=C/c1ccc(O)cc1)C1=C(O)C(O)(C(=O)[C@H](O)[C@@H](O)[C@H](O)[C@H](O)CO)C(=O)C(O)(O)C1=O. The summed E-state index contributed by atoms with van der Waals surface area (Å²) >= 11 is 0. The molecule has 5 atom stereocenters. The first kappa shape index (κ1) is 27.9. The summed E-state index contributed by atoms with van der Waals surface area (Å²) in [6, 6.07) is 5.07. The van der Waals surface area contributed by atoms with Crippen molar-refractivity contribution in [1.29, 1.82) is 0 Å². The molecule has 1 aliphatic carbocycles. The van der Waals surface area contributed by atoms with E-state index in [-0.39, 0.29) is 11.3 Å². The van der Waals surface area contributed by atoms with Crippen LogP contribution in [0, 0.1) is 0 Å². The molecule has 10 N–H and O–H groups in total. The lowest BCUT2D eigenvalue weighted by atomic mass is 9.73. The Labute approximate surface area is 195 Å². The summed E-state index contributed by atoms with van der Waals surface area (Å²) in [5.74, 6) is -14.8. The van der Waals surface area contributed by atoms with Gasteiger partial charge in [-0.15, -0.1) is 0 Å². The van der Waals surface area contributed by atoms with Gasteiger partial charge in [0.1, 0.15) is 35.7 Å². The third kappa shape index (κ3) is 4.90. The van der Waals surface area contributed by atoms with E-state index in [2.05, 4.69) is 0 Å². The number of carbonyl (C=O) groups is 4. The highest BCUT2D eigenvalue weighted by Gasteiger charge is 2.66. The number of Topliss-reactive ketones (excluding diaryl/α,β-unsaturated/α-hetero) is 3. The third-order valence-corrected chi connectivity index (χ3v) is 5.21. The number of allylic oxidation sites excluding steroid dienone is 1. The molecule has 0 aromatic heterocycles. The summed E-state index contributed by atoms with van der Waals surface area (Å²) in [5, 5.41) is 97.8. The number of hydrogen-bond donors (Lipinski definition) is 10. The maximum Gasteiger partial charge on any atom is 0.294 e. The Balaban J connectivity index is 2.55. The third-order valence-electron chi connectivity index (χ3n) is 5.21. The maximum atomic E-state index is 12.7. The maximum absolute atomic E-state index is 12.7. The normalized spacial score (nSPS) is 23.8. The largest absolute Gasteiger partial charge is 0.508 e. The van der Waals surface area contributed by atoms with Crippen molar-refractivity contribution < 1.29 is 70.2 Å². The van der Waals surface area contributed by atoms with Crippen LogP contribution < -0.4 is 0 Å². The Morgan fingerprint density at radius 1 is 0.914 bits per heavy atom. The first-order valence-corrected chi connectivity index (χ1v) is 9.71. The van der Waals surface area contributed by atoms with Gasteiger partial charge >= 0.3 is 0 Å². The second-order valence-corrected chi connectivity index (χ2v) is 7.59. The van der Waals surface area contributed by atoms with Gasteiger partial charge in [0.2, 0.25) is 23.0 Å². The molecule has 1 unspecified atom stereocenters. The predicted molar refractivity (Wildman–Crippen MR) is 110 cm³/mol. The molecular weight excluding hydrogens is 476 g/mol. The van der Waals surface area contributed by atoms with E-state index in [4.69, 9.17) is 5.11 Å². The van der Waals surface area contributed by atoms with Crippen LogP contribution in [0.3, 0.4) is 0 Å². The van der Waals surface area contributed by atoms with E-state index in [1.54, 1.807) is 0 Å². The molecule has 1 aromatic carbocycles. The van der Waals surface area contributed by atoms with Crippen molar-refractivity contribution in [3.05, 3.63) is 47.2 Å². The molecule has 0 radical (unpaired) electrons. The van der Waals surface area contributed by atoms with E-state index in [9.17, 15) is 65.1 Å². The van der Waals surface area contributed by atoms with E-state index in [1.807, 2.05) is 0 Å². The fourth-order valence-electron chi connectivity index (χ4n) is 3.11. The molecule has 35 heavy (non-hydrogen) atoms. The van der Waals surface area contributed by atoms with Crippen molar-refractivity contribution in [1.82, 2.24) is 0 Å². The second kappa shape index (κ2) is 10.1. The smallest absolute Gasteiger partial charge is 0.294 e. The summed E-state index contributed by atoms with van der Waals surface area (Å²) < 4.78 is 0. The Morgan fingerprint density at radius 2 is 1.46 bits per heavy atom. The Hall–Kier alpha value is -3.34. The minimum atomic E-state index is -4.25. The number of phenolic OH excluding ortho intramolecular Hbond substituents is 1. The zero-order chi connectivity index (χ0) is 26.9. The fourth-order valence-corrected chi connectivity index (χ4v) is 3.11. The lowest BCUT2D eigenvalue weighted by Gasteiger charge is -2.37. The molecule has 0 bridgehead atoms. The van der Waals surface area contributed by atoms with E-state index in [1.165, 1.54) is 24.3 Å². The molecule has 0 saturated carbocycles. The van der Waals surface area contributed by atoms with Crippen LogP contribution in [0.25, 0.3) is 6.08 Å². The van der Waals surface area contributed by atoms with Crippen molar-refractivity contribution in [2.24, 2.45) is 0 Å². The zero-order valence-corrected chi connectivity index (χ0v) is 17.6. The number of rotatable bonds is 9. The summed E-state index contributed by atoms with van der Waals surface area (Å²) in [6.45, 7) is -1.16. The standard InChI is InChI=1S/C21H22O14/c22-7-11(25)13(26)14(27)15(28)18(31)20(33)16(29)12(17(30)21(34,35)19(20)32)10(24)6-3-8-1-4-9(23)5-2-8/h1-6,11,13-15,22-23,25-29,33-35H,7H2/b6-3+/t11-,13-,14+,15-,20?/m1/s1. The molecule has 14 heteroatoms. The van der Waals surface area contributed by atoms with E-state index in [0.29, 0.717) is 6.08 Å². The van der Waals surface area contributed by atoms with Gasteiger partial charge in [-0.3, -0.25) is 19.2 Å². The molecule has 2 rings (SSSR count). The van der Waals surface area contributed by atoms with Gasteiger partial charge in [0, 0.05) is 0 Å². The van der Waals surface area contributed by atoms with Gasteiger partial charge in [0.15, 0.2) is 11.5 Å². The number of phenols is 1. The van der Waals surface area contributed by atoms with Gasteiger partial charge in [-0.05, 0) is 23.8 Å². The summed E-state index contributed by atoms with van der Waals surface area (Å²) in [4.78, 5) is 50.0. The number of aromatic hydroxyl groups is 1. The van der Waals surface area contributed by atoms with E-state index in [0.717, 1.165) is 6.08 Å². The van der Waals surface area contributed by atoms with Crippen LogP contribution in [0.1, 0.15) is 5.56 Å². The second-order valence-electron chi connectivity index (χ2n) is 7.59.